The molecule has 1 atom stereocenters. The maximum Gasteiger partial charge on any atom is 0.248 e. The second kappa shape index (κ2) is 6.05. The maximum absolute atomic E-state index is 12.1. The minimum absolute atomic E-state index is 0.0856. The molecule has 0 aliphatic rings. The summed E-state index contributed by atoms with van der Waals surface area (Å²) in [4.78, 5) is 16.3. The first-order valence-corrected chi connectivity index (χ1v) is 7.40. The van der Waals surface area contributed by atoms with Gasteiger partial charge in [0.25, 0.3) is 0 Å². The summed E-state index contributed by atoms with van der Waals surface area (Å²) in [6.07, 6.45) is 0. The molecule has 20 heavy (non-hydrogen) atoms. The lowest BCUT2D eigenvalue weighted by Gasteiger charge is -2.15. The zero-order valence-electron chi connectivity index (χ0n) is 12.2. The van der Waals surface area contributed by atoms with Crippen LogP contribution in [0.15, 0.2) is 23.6 Å². The van der Waals surface area contributed by atoms with Gasteiger partial charge in [0.2, 0.25) is 5.91 Å². The largest absolute Gasteiger partial charge is 0.374 e. The summed E-state index contributed by atoms with van der Waals surface area (Å²) in [6, 6.07) is 5.76. The Morgan fingerprint density at radius 2 is 2.00 bits per heavy atom. The van der Waals surface area contributed by atoms with Crippen molar-refractivity contribution in [1.29, 1.82) is 0 Å². The van der Waals surface area contributed by atoms with Crippen molar-refractivity contribution in [3.8, 4) is 0 Å². The number of carbonyl (C=O) groups excluding carboxylic acids is 1. The first kappa shape index (κ1) is 14.5. The minimum Gasteiger partial charge on any atom is -0.374 e. The number of hydrogen-bond donors (Lipinski definition) is 2. The summed E-state index contributed by atoms with van der Waals surface area (Å²) < 4.78 is 0. The van der Waals surface area contributed by atoms with Gasteiger partial charge in [-0.05, 0) is 51.0 Å². The van der Waals surface area contributed by atoms with Crippen molar-refractivity contribution in [2.75, 3.05) is 10.6 Å². The lowest BCUT2D eigenvalue weighted by atomic mass is 10.1. The third-order valence-corrected chi connectivity index (χ3v) is 4.01. The van der Waals surface area contributed by atoms with Crippen LogP contribution in [0.5, 0.6) is 0 Å². The van der Waals surface area contributed by atoms with Gasteiger partial charge >= 0.3 is 0 Å². The van der Waals surface area contributed by atoms with Crippen molar-refractivity contribution >= 4 is 28.1 Å². The number of rotatable bonds is 4. The van der Waals surface area contributed by atoms with E-state index in [9.17, 15) is 4.79 Å². The van der Waals surface area contributed by atoms with Crippen molar-refractivity contribution < 1.29 is 4.79 Å². The fourth-order valence-electron chi connectivity index (χ4n) is 1.77. The standard InChI is InChI=1S/C15H19N3OS/c1-9-5-6-13(7-10(9)2)17-12(4)14(19)18-15-16-11(3)8-20-15/h5-8,12,17H,1-4H3,(H,16,18,19). The van der Waals surface area contributed by atoms with Crippen LogP contribution in [0.3, 0.4) is 0 Å². The van der Waals surface area contributed by atoms with Crippen LogP contribution >= 0.6 is 11.3 Å². The van der Waals surface area contributed by atoms with Gasteiger partial charge in [-0.3, -0.25) is 4.79 Å². The maximum atomic E-state index is 12.1. The molecule has 0 spiro atoms. The van der Waals surface area contributed by atoms with Gasteiger partial charge in [-0.15, -0.1) is 11.3 Å². The van der Waals surface area contributed by atoms with Crippen LogP contribution in [0, 0.1) is 20.8 Å². The number of nitrogens with one attached hydrogen (secondary N) is 2. The normalized spacial score (nSPS) is 12.0. The molecular formula is C15H19N3OS. The molecule has 5 heteroatoms. The van der Waals surface area contributed by atoms with Crippen molar-refractivity contribution in [2.45, 2.75) is 33.7 Å². The van der Waals surface area contributed by atoms with E-state index in [0.29, 0.717) is 5.13 Å². The zero-order valence-corrected chi connectivity index (χ0v) is 13.0. The van der Waals surface area contributed by atoms with Crippen molar-refractivity contribution in [3.05, 3.63) is 40.4 Å². The molecule has 0 bridgehead atoms. The molecule has 2 N–H and O–H groups in total. The van der Waals surface area contributed by atoms with Crippen LogP contribution in [0.2, 0.25) is 0 Å². The van der Waals surface area contributed by atoms with Crippen LogP contribution in [0.1, 0.15) is 23.7 Å². The fourth-order valence-corrected chi connectivity index (χ4v) is 2.46. The van der Waals surface area contributed by atoms with Crippen LogP contribution in [0.4, 0.5) is 10.8 Å². The smallest absolute Gasteiger partial charge is 0.248 e. The van der Waals surface area contributed by atoms with E-state index in [-0.39, 0.29) is 11.9 Å². The van der Waals surface area contributed by atoms with Gasteiger partial charge in [-0.1, -0.05) is 6.07 Å². The molecule has 0 saturated carbocycles. The molecule has 0 aliphatic heterocycles. The number of aromatic nitrogens is 1. The van der Waals surface area contributed by atoms with Crippen LogP contribution < -0.4 is 10.6 Å². The highest BCUT2D eigenvalue weighted by atomic mass is 32.1. The van der Waals surface area contributed by atoms with Crippen molar-refractivity contribution in [3.63, 3.8) is 0 Å². The molecule has 0 aliphatic carbocycles. The number of nitrogens with zero attached hydrogens (tertiary/aromatic N) is 1. The van der Waals surface area contributed by atoms with Crippen molar-refractivity contribution in [2.24, 2.45) is 0 Å². The summed E-state index contributed by atoms with van der Waals surface area (Å²) >= 11 is 1.44. The monoisotopic (exact) mass is 289 g/mol. The average molecular weight is 289 g/mol. The Balaban J connectivity index is 1.98. The number of carbonyl (C=O) groups is 1. The van der Waals surface area contributed by atoms with E-state index in [1.54, 1.807) is 0 Å². The van der Waals surface area contributed by atoms with E-state index >= 15 is 0 Å². The van der Waals surface area contributed by atoms with Gasteiger partial charge < -0.3 is 10.6 Å². The van der Waals surface area contributed by atoms with E-state index in [1.165, 1.54) is 22.5 Å². The molecule has 1 amide bonds. The van der Waals surface area contributed by atoms with Crippen LogP contribution in [0.25, 0.3) is 0 Å². The summed E-state index contributed by atoms with van der Waals surface area (Å²) in [6.45, 7) is 7.87. The molecule has 0 saturated heterocycles. The predicted molar refractivity (Wildman–Crippen MR) is 84.5 cm³/mol. The molecule has 4 nitrogen and oxygen atoms in total. The third kappa shape index (κ3) is 3.57. The van der Waals surface area contributed by atoms with Gasteiger partial charge in [0.05, 0.1) is 5.69 Å². The topological polar surface area (TPSA) is 54.0 Å². The number of thiazole rings is 1. The fraction of sp³-hybridized carbons (Fsp3) is 0.333. The first-order chi connectivity index (χ1) is 9.45. The Kier molecular flexibility index (Phi) is 4.39. The quantitative estimate of drug-likeness (QED) is 0.905. The first-order valence-electron chi connectivity index (χ1n) is 6.52. The Bertz CT molecular complexity index is 621. The molecular weight excluding hydrogens is 270 g/mol. The highest BCUT2D eigenvalue weighted by Gasteiger charge is 2.14. The van der Waals surface area contributed by atoms with Crippen LogP contribution in [-0.2, 0) is 4.79 Å². The molecule has 1 unspecified atom stereocenters. The number of anilines is 2. The van der Waals surface area contributed by atoms with E-state index < -0.39 is 0 Å². The Morgan fingerprint density at radius 3 is 2.60 bits per heavy atom. The average Bonchev–Trinajstić information content (AvgIpc) is 2.79. The van der Waals surface area contributed by atoms with Gasteiger partial charge in [0.1, 0.15) is 6.04 Å². The predicted octanol–water partition coefficient (Wildman–Crippen LogP) is 3.51. The Labute approximate surface area is 123 Å². The molecule has 106 valence electrons. The molecule has 1 aromatic carbocycles. The highest BCUT2D eigenvalue weighted by Crippen LogP contribution is 2.17. The molecule has 1 aromatic heterocycles. The summed E-state index contributed by atoms with van der Waals surface area (Å²) in [5.74, 6) is -0.0856. The van der Waals surface area contributed by atoms with Crippen LogP contribution in [-0.4, -0.2) is 16.9 Å². The Hall–Kier alpha value is -1.88. The van der Waals surface area contributed by atoms with Crippen molar-refractivity contribution in [1.82, 2.24) is 4.98 Å². The minimum atomic E-state index is -0.318. The van der Waals surface area contributed by atoms with Gasteiger partial charge in [-0.2, -0.15) is 0 Å². The van der Waals surface area contributed by atoms with E-state index in [2.05, 4.69) is 29.5 Å². The molecule has 0 radical (unpaired) electrons. The third-order valence-electron chi connectivity index (χ3n) is 3.13. The number of hydrogen-bond acceptors (Lipinski definition) is 4. The number of aryl methyl sites for hydroxylation is 3. The second-order valence-corrected chi connectivity index (χ2v) is 5.81. The van der Waals surface area contributed by atoms with Gasteiger partial charge in [0, 0.05) is 11.1 Å². The molecule has 1 heterocycles. The van der Waals surface area contributed by atoms with E-state index in [4.69, 9.17) is 0 Å². The molecule has 2 rings (SSSR count). The SMILES string of the molecule is Cc1csc(NC(=O)C(C)Nc2ccc(C)c(C)c2)n1. The summed E-state index contributed by atoms with van der Waals surface area (Å²) in [5, 5.41) is 8.57. The summed E-state index contributed by atoms with van der Waals surface area (Å²) in [5.41, 5.74) is 4.32. The Morgan fingerprint density at radius 1 is 1.25 bits per heavy atom. The second-order valence-electron chi connectivity index (χ2n) is 4.95. The lowest BCUT2D eigenvalue weighted by Crippen LogP contribution is -2.31. The van der Waals surface area contributed by atoms with Gasteiger partial charge in [-0.25, -0.2) is 4.98 Å². The molecule has 0 fully saturated rings. The lowest BCUT2D eigenvalue weighted by molar-refractivity contribution is -0.116. The van der Waals surface area contributed by atoms with E-state index in [0.717, 1.165) is 11.4 Å². The summed E-state index contributed by atoms with van der Waals surface area (Å²) in [7, 11) is 0. The molecule has 2 aromatic rings. The van der Waals surface area contributed by atoms with E-state index in [1.807, 2.05) is 37.4 Å². The number of benzene rings is 1. The van der Waals surface area contributed by atoms with Gasteiger partial charge in [0.15, 0.2) is 5.13 Å². The highest BCUT2D eigenvalue weighted by molar-refractivity contribution is 7.13. The number of amides is 1. The zero-order chi connectivity index (χ0) is 14.7.